The smallest absolute Gasteiger partial charge is 0.407 e. The van der Waals surface area contributed by atoms with E-state index in [2.05, 4.69) is 11.9 Å². The highest BCUT2D eigenvalue weighted by Gasteiger charge is 2.19. The van der Waals surface area contributed by atoms with Gasteiger partial charge in [-0.2, -0.15) is 0 Å². The highest BCUT2D eigenvalue weighted by Crippen LogP contribution is 2.20. The van der Waals surface area contributed by atoms with Crippen molar-refractivity contribution >= 4 is 12.1 Å². The molecule has 0 aromatic carbocycles. The molecule has 1 saturated carbocycles. The molecule has 0 aliphatic heterocycles. The zero-order chi connectivity index (χ0) is 13.2. The van der Waals surface area contributed by atoms with Crippen LogP contribution in [0.4, 0.5) is 4.79 Å². The van der Waals surface area contributed by atoms with Crippen LogP contribution < -0.4 is 5.32 Å². The van der Waals surface area contributed by atoms with Gasteiger partial charge in [-0.05, 0) is 38.5 Å². The SMILES string of the molecule is C=CCCCOC(=O)NCC(=O)OC1CCCC1. The molecule has 1 amide bonds. The minimum absolute atomic E-state index is 0.0305. The van der Waals surface area contributed by atoms with Crippen LogP contribution in [0, 0.1) is 0 Å². The van der Waals surface area contributed by atoms with E-state index in [-0.39, 0.29) is 12.6 Å². The molecule has 0 radical (unpaired) electrons. The monoisotopic (exact) mass is 255 g/mol. The molecule has 0 saturated heterocycles. The zero-order valence-corrected chi connectivity index (χ0v) is 10.7. The minimum atomic E-state index is -0.581. The highest BCUT2D eigenvalue weighted by molar-refractivity contribution is 5.77. The highest BCUT2D eigenvalue weighted by atomic mass is 16.6. The molecular formula is C13H21NO4. The fraction of sp³-hybridized carbons (Fsp3) is 0.692. The van der Waals surface area contributed by atoms with E-state index in [0.29, 0.717) is 6.61 Å². The predicted octanol–water partition coefficient (Wildman–Crippen LogP) is 2.16. The van der Waals surface area contributed by atoms with Crippen molar-refractivity contribution in [1.82, 2.24) is 5.32 Å². The molecular weight excluding hydrogens is 234 g/mol. The van der Waals surface area contributed by atoms with E-state index >= 15 is 0 Å². The Morgan fingerprint density at radius 2 is 2.06 bits per heavy atom. The van der Waals surface area contributed by atoms with E-state index < -0.39 is 12.1 Å². The first-order valence-electron chi connectivity index (χ1n) is 6.43. The molecule has 0 atom stereocenters. The maximum absolute atomic E-state index is 11.4. The Kier molecular flexibility index (Phi) is 6.91. The van der Waals surface area contributed by atoms with Gasteiger partial charge < -0.3 is 14.8 Å². The number of rotatable bonds is 7. The molecule has 102 valence electrons. The van der Waals surface area contributed by atoms with Crippen molar-refractivity contribution in [2.24, 2.45) is 0 Å². The summed E-state index contributed by atoms with van der Waals surface area (Å²) in [6.45, 7) is 3.77. The topological polar surface area (TPSA) is 64.6 Å². The average molecular weight is 255 g/mol. The molecule has 18 heavy (non-hydrogen) atoms. The molecule has 1 aliphatic rings. The lowest BCUT2D eigenvalue weighted by Gasteiger charge is -2.11. The molecule has 1 N–H and O–H groups in total. The molecule has 5 nitrogen and oxygen atoms in total. The Balaban J connectivity index is 2.02. The van der Waals surface area contributed by atoms with E-state index in [4.69, 9.17) is 9.47 Å². The molecule has 0 unspecified atom stereocenters. The molecule has 1 rings (SSSR count). The van der Waals surface area contributed by atoms with Gasteiger partial charge in [0.25, 0.3) is 0 Å². The lowest BCUT2D eigenvalue weighted by atomic mass is 10.3. The minimum Gasteiger partial charge on any atom is -0.461 e. The third-order valence-electron chi connectivity index (χ3n) is 2.76. The third-order valence-corrected chi connectivity index (χ3v) is 2.76. The van der Waals surface area contributed by atoms with Crippen molar-refractivity contribution < 1.29 is 19.1 Å². The van der Waals surface area contributed by atoms with Gasteiger partial charge in [-0.1, -0.05) is 6.08 Å². The molecule has 0 bridgehead atoms. The number of carbonyl (C=O) groups excluding carboxylic acids is 2. The fourth-order valence-corrected chi connectivity index (χ4v) is 1.82. The van der Waals surface area contributed by atoms with Crippen LogP contribution in [0.3, 0.4) is 0 Å². The number of unbranched alkanes of at least 4 members (excludes halogenated alkanes) is 1. The van der Waals surface area contributed by atoms with E-state index in [1.54, 1.807) is 6.08 Å². The second-order valence-electron chi connectivity index (χ2n) is 4.32. The van der Waals surface area contributed by atoms with Crippen LogP contribution in [0.15, 0.2) is 12.7 Å². The van der Waals surface area contributed by atoms with Crippen LogP contribution in [0.25, 0.3) is 0 Å². The van der Waals surface area contributed by atoms with E-state index in [0.717, 1.165) is 38.5 Å². The number of amides is 1. The van der Waals surface area contributed by atoms with Gasteiger partial charge in [0.05, 0.1) is 6.61 Å². The maximum Gasteiger partial charge on any atom is 0.407 e. The first kappa shape index (κ1) is 14.5. The fourth-order valence-electron chi connectivity index (χ4n) is 1.82. The van der Waals surface area contributed by atoms with Crippen LogP contribution >= 0.6 is 0 Å². The predicted molar refractivity (Wildman–Crippen MR) is 67.1 cm³/mol. The summed E-state index contributed by atoms with van der Waals surface area (Å²) < 4.78 is 10.0. The van der Waals surface area contributed by atoms with Crippen molar-refractivity contribution in [2.45, 2.75) is 44.6 Å². The van der Waals surface area contributed by atoms with Crippen molar-refractivity contribution in [3.8, 4) is 0 Å². The van der Waals surface area contributed by atoms with Crippen LogP contribution in [-0.2, 0) is 14.3 Å². The molecule has 0 aromatic rings. The summed E-state index contributed by atoms with van der Waals surface area (Å²) in [6.07, 6.45) is 6.83. The van der Waals surface area contributed by atoms with Gasteiger partial charge in [-0.25, -0.2) is 4.79 Å². The van der Waals surface area contributed by atoms with Crippen LogP contribution in [0.5, 0.6) is 0 Å². The number of esters is 1. The molecule has 1 aliphatic carbocycles. The Bertz CT molecular complexity index is 285. The normalized spacial score (nSPS) is 15.1. The lowest BCUT2D eigenvalue weighted by molar-refractivity contribution is -0.147. The summed E-state index contributed by atoms with van der Waals surface area (Å²) in [5.74, 6) is -0.398. The van der Waals surface area contributed by atoms with Crippen LogP contribution in [0.1, 0.15) is 38.5 Å². The van der Waals surface area contributed by atoms with E-state index in [9.17, 15) is 9.59 Å². The molecule has 0 spiro atoms. The van der Waals surface area contributed by atoms with Crippen molar-refractivity contribution in [3.05, 3.63) is 12.7 Å². The average Bonchev–Trinajstić information content (AvgIpc) is 2.85. The summed E-state index contributed by atoms with van der Waals surface area (Å²) in [7, 11) is 0. The van der Waals surface area contributed by atoms with Crippen LogP contribution in [-0.4, -0.2) is 31.3 Å². The second kappa shape index (κ2) is 8.55. The number of allylic oxidation sites excluding steroid dienone is 1. The summed E-state index contributed by atoms with van der Waals surface area (Å²) >= 11 is 0. The summed E-state index contributed by atoms with van der Waals surface area (Å²) in [5.41, 5.74) is 0. The Labute approximate surface area is 108 Å². The largest absolute Gasteiger partial charge is 0.461 e. The molecule has 5 heteroatoms. The van der Waals surface area contributed by atoms with E-state index in [1.165, 1.54) is 0 Å². The summed E-state index contributed by atoms with van der Waals surface area (Å²) in [6, 6.07) is 0. The molecule has 0 aromatic heterocycles. The van der Waals surface area contributed by atoms with Crippen molar-refractivity contribution in [2.75, 3.05) is 13.2 Å². The quantitative estimate of drug-likeness (QED) is 0.430. The summed E-state index contributed by atoms with van der Waals surface area (Å²) in [4.78, 5) is 22.6. The van der Waals surface area contributed by atoms with E-state index in [1.807, 2.05) is 0 Å². The zero-order valence-electron chi connectivity index (χ0n) is 10.7. The van der Waals surface area contributed by atoms with Gasteiger partial charge >= 0.3 is 12.1 Å². The van der Waals surface area contributed by atoms with Gasteiger partial charge in [0, 0.05) is 0 Å². The van der Waals surface area contributed by atoms with Crippen LogP contribution in [0.2, 0.25) is 0 Å². The van der Waals surface area contributed by atoms with Gasteiger partial charge in [0.1, 0.15) is 12.6 Å². The maximum atomic E-state index is 11.4. The number of carbonyl (C=O) groups is 2. The second-order valence-corrected chi connectivity index (χ2v) is 4.32. The molecule has 0 heterocycles. The summed E-state index contributed by atoms with van der Waals surface area (Å²) in [5, 5.41) is 2.37. The standard InChI is InChI=1S/C13H21NO4/c1-2-3-6-9-17-13(16)14-10-12(15)18-11-7-4-5-8-11/h2,11H,1,3-10H2,(H,14,16). The number of hydrogen-bond donors (Lipinski definition) is 1. The van der Waals surface area contributed by atoms with Gasteiger partial charge in [0.15, 0.2) is 0 Å². The van der Waals surface area contributed by atoms with Crippen molar-refractivity contribution in [3.63, 3.8) is 0 Å². The molecule has 1 fully saturated rings. The Morgan fingerprint density at radius 1 is 1.33 bits per heavy atom. The van der Waals surface area contributed by atoms with Gasteiger partial charge in [0.2, 0.25) is 0 Å². The first-order valence-corrected chi connectivity index (χ1v) is 6.43. The number of hydrogen-bond acceptors (Lipinski definition) is 4. The third kappa shape index (κ3) is 6.27. The van der Waals surface area contributed by atoms with Crippen molar-refractivity contribution in [1.29, 1.82) is 0 Å². The lowest BCUT2D eigenvalue weighted by Crippen LogP contribution is -2.32. The van der Waals surface area contributed by atoms with Gasteiger partial charge in [-0.15, -0.1) is 6.58 Å². The number of ether oxygens (including phenoxy) is 2. The first-order chi connectivity index (χ1) is 8.72. The Hall–Kier alpha value is -1.52. The Morgan fingerprint density at radius 3 is 2.72 bits per heavy atom. The number of alkyl carbamates (subject to hydrolysis) is 1. The van der Waals surface area contributed by atoms with Gasteiger partial charge in [-0.3, -0.25) is 4.79 Å². The number of nitrogens with one attached hydrogen (secondary N) is 1.